The second kappa shape index (κ2) is 8.82. The van der Waals surface area contributed by atoms with Gasteiger partial charge in [0.05, 0.1) is 6.61 Å². The summed E-state index contributed by atoms with van der Waals surface area (Å²) in [5, 5.41) is 4.48. The molecule has 0 radical (unpaired) electrons. The van der Waals surface area contributed by atoms with Gasteiger partial charge in [0.15, 0.2) is 0 Å². The normalized spacial score (nSPS) is 10.8. The van der Waals surface area contributed by atoms with Crippen LogP contribution in [-0.4, -0.2) is 25.2 Å². The average molecular weight is 302 g/mol. The van der Waals surface area contributed by atoms with Gasteiger partial charge >= 0.3 is 0 Å². The molecule has 1 aromatic heterocycles. The van der Waals surface area contributed by atoms with E-state index in [4.69, 9.17) is 4.74 Å². The maximum absolute atomic E-state index is 5.05. The molecular formula is C17H22N2OS. The summed E-state index contributed by atoms with van der Waals surface area (Å²) in [6, 6.07) is 12.6. The minimum absolute atomic E-state index is 0.728. The number of rotatable bonds is 8. The average Bonchev–Trinajstić information content (AvgIpc) is 2.52. The fraction of sp³-hybridized carbons (Fsp3) is 0.353. The molecular weight excluding hydrogens is 280 g/mol. The number of nitrogens with zero attached hydrogens (tertiary/aromatic N) is 1. The number of aromatic nitrogens is 1. The molecule has 2 rings (SSSR count). The number of thioether (sulfide) groups is 1. The summed E-state index contributed by atoms with van der Waals surface area (Å²) in [7, 11) is 1.72. The Balaban J connectivity index is 1.95. The van der Waals surface area contributed by atoms with Gasteiger partial charge in [-0.1, -0.05) is 30.3 Å². The van der Waals surface area contributed by atoms with Crippen LogP contribution in [0.15, 0.2) is 47.6 Å². The van der Waals surface area contributed by atoms with Gasteiger partial charge in [0.2, 0.25) is 0 Å². The van der Waals surface area contributed by atoms with Crippen molar-refractivity contribution in [2.45, 2.75) is 24.2 Å². The van der Waals surface area contributed by atoms with Crippen LogP contribution in [0.25, 0.3) is 0 Å². The van der Waals surface area contributed by atoms with Crippen LogP contribution in [0.4, 0.5) is 0 Å². The largest absolute Gasteiger partial charge is 0.383 e. The number of hydrogen-bond donors (Lipinski definition) is 1. The Morgan fingerprint density at radius 3 is 2.76 bits per heavy atom. The first-order valence-corrected chi connectivity index (χ1v) is 8.10. The highest BCUT2D eigenvalue weighted by Gasteiger charge is 2.05. The lowest BCUT2D eigenvalue weighted by Gasteiger charge is -2.10. The lowest BCUT2D eigenvalue weighted by atomic mass is 10.1. The second-order valence-electron chi connectivity index (χ2n) is 4.85. The van der Waals surface area contributed by atoms with Gasteiger partial charge in [-0.2, -0.15) is 0 Å². The Labute approximate surface area is 131 Å². The molecule has 1 N–H and O–H groups in total. The third-order valence-electron chi connectivity index (χ3n) is 3.27. The molecule has 0 aliphatic carbocycles. The van der Waals surface area contributed by atoms with Crippen LogP contribution in [0, 0.1) is 6.92 Å². The van der Waals surface area contributed by atoms with Gasteiger partial charge in [0, 0.05) is 32.1 Å². The molecule has 2 aromatic rings. The zero-order chi connectivity index (χ0) is 14.9. The molecule has 0 saturated carbocycles. The molecule has 0 amide bonds. The molecule has 3 nitrogen and oxygen atoms in total. The summed E-state index contributed by atoms with van der Waals surface area (Å²) >= 11 is 1.80. The Kier molecular flexibility index (Phi) is 6.73. The van der Waals surface area contributed by atoms with Gasteiger partial charge in [-0.3, -0.25) is 0 Å². The molecule has 0 unspecified atom stereocenters. The molecule has 1 aromatic carbocycles. The highest BCUT2D eigenvalue weighted by Crippen LogP contribution is 2.25. The summed E-state index contributed by atoms with van der Waals surface area (Å²) in [5.41, 5.74) is 3.94. The third kappa shape index (κ3) is 5.16. The molecule has 0 atom stereocenters. The van der Waals surface area contributed by atoms with Crippen molar-refractivity contribution in [3.63, 3.8) is 0 Å². The molecule has 21 heavy (non-hydrogen) atoms. The van der Waals surface area contributed by atoms with Crippen molar-refractivity contribution in [1.29, 1.82) is 0 Å². The van der Waals surface area contributed by atoms with Crippen molar-refractivity contribution in [2.75, 3.05) is 20.3 Å². The van der Waals surface area contributed by atoms with Crippen LogP contribution < -0.4 is 5.32 Å². The maximum Gasteiger partial charge on any atom is 0.101 e. The van der Waals surface area contributed by atoms with Gasteiger partial charge in [0.1, 0.15) is 5.03 Å². The minimum Gasteiger partial charge on any atom is -0.383 e. The molecule has 0 aliphatic heterocycles. The number of methoxy groups -OCH3 is 1. The van der Waals surface area contributed by atoms with Crippen LogP contribution >= 0.6 is 11.8 Å². The summed E-state index contributed by atoms with van der Waals surface area (Å²) in [6.07, 6.45) is 1.86. The Morgan fingerprint density at radius 1 is 1.14 bits per heavy atom. The molecule has 4 heteroatoms. The van der Waals surface area contributed by atoms with E-state index >= 15 is 0 Å². The Bertz CT molecular complexity index is 560. The highest BCUT2D eigenvalue weighted by molar-refractivity contribution is 7.98. The third-order valence-corrected chi connectivity index (χ3v) is 4.37. The SMILES string of the molecule is COCCNCc1cccnc1SCc1ccccc1C. The summed E-state index contributed by atoms with van der Waals surface area (Å²) < 4.78 is 5.05. The molecule has 112 valence electrons. The lowest BCUT2D eigenvalue weighted by Crippen LogP contribution is -2.19. The van der Waals surface area contributed by atoms with Crippen molar-refractivity contribution < 1.29 is 4.74 Å². The standard InChI is InChI=1S/C17H22N2OS/c1-14-6-3-4-7-16(14)13-21-17-15(8-5-9-19-17)12-18-10-11-20-2/h3-9,18H,10-13H2,1-2H3. The lowest BCUT2D eigenvalue weighted by molar-refractivity contribution is 0.199. The second-order valence-corrected chi connectivity index (χ2v) is 5.82. The summed E-state index contributed by atoms with van der Waals surface area (Å²) in [4.78, 5) is 4.51. The van der Waals surface area contributed by atoms with Crippen molar-refractivity contribution in [3.05, 3.63) is 59.3 Å². The van der Waals surface area contributed by atoms with E-state index < -0.39 is 0 Å². The van der Waals surface area contributed by atoms with E-state index in [0.717, 1.165) is 30.5 Å². The van der Waals surface area contributed by atoms with Crippen LogP contribution in [-0.2, 0) is 17.0 Å². The minimum atomic E-state index is 0.728. The van der Waals surface area contributed by atoms with Gasteiger partial charge in [0.25, 0.3) is 0 Å². The van der Waals surface area contributed by atoms with Crippen LogP contribution in [0.5, 0.6) is 0 Å². The van der Waals surface area contributed by atoms with Gasteiger partial charge < -0.3 is 10.1 Å². The molecule has 0 saturated heterocycles. The molecule has 0 fully saturated rings. The predicted octanol–water partition coefficient (Wildman–Crippen LogP) is 3.42. The van der Waals surface area contributed by atoms with Crippen molar-refractivity contribution in [3.8, 4) is 0 Å². The van der Waals surface area contributed by atoms with E-state index in [2.05, 4.69) is 47.6 Å². The number of pyridine rings is 1. The van der Waals surface area contributed by atoms with Gasteiger partial charge in [-0.05, 0) is 29.7 Å². The van der Waals surface area contributed by atoms with Gasteiger partial charge in [-0.25, -0.2) is 4.98 Å². The first kappa shape index (κ1) is 16.0. The van der Waals surface area contributed by atoms with E-state index in [-0.39, 0.29) is 0 Å². The van der Waals surface area contributed by atoms with Crippen molar-refractivity contribution >= 4 is 11.8 Å². The number of ether oxygens (including phenoxy) is 1. The smallest absolute Gasteiger partial charge is 0.101 e. The Morgan fingerprint density at radius 2 is 1.95 bits per heavy atom. The fourth-order valence-electron chi connectivity index (χ4n) is 2.00. The maximum atomic E-state index is 5.05. The zero-order valence-electron chi connectivity index (χ0n) is 12.6. The number of hydrogen-bond acceptors (Lipinski definition) is 4. The van der Waals surface area contributed by atoms with E-state index in [1.807, 2.05) is 12.3 Å². The van der Waals surface area contributed by atoms with Crippen molar-refractivity contribution in [1.82, 2.24) is 10.3 Å². The molecule has 0 aliphatic rings. The monoisotopic (exact) mass is 302 g/mol. The van der Waals surface area contributed by atoms with E-state index in [1.54, 1.807) is 18.9 Å². The first-order valence-electron chi connectivity index (χ1n) is 7.12. The highest BCUT2D eigenvalue weighted by atomic mass is 32.2. The fourth-order valence-corrected chi connectivity index (χ4v) is 3.08. The first-order chi connectivity index (χ1) is 10.3. The van der Waals surface area contributed by atoms with Crippen LogP contribution in [0.2, 0.25) is 0 Å². The molecule has 0 spiro atoms. The topological polar surface area (TPSA) is 34.1 Å². The van der Waals surface area contributed by atoms with Gasteiger partial charge in [-0.15, -0.1) is 11.8 Å². The quantitative estimate of drug-likeness (QED) is 0.598. The zero-order valence-corrected chi connectivity index (χ0v) is 13.5. The number of aryl methyl sites for hydroxylation is 1. The number of benzene rings is 1. The van der Waals surface area contributed by atoms with Crippen LogP contribution in [0.1, 0.15) is 16.7 Å². The van der Waals surface area contributed by atoms with Crippen molar-refractivity contribution in [2.24, 2.45) is 0 Å². The van der Waals surface area contributed by atoms with E-state index in [0.29, 0.717) is 0 Å². The van der Waals surface area contributed by atoms with Crippen LogP contribution in [0.3, 0.4) is 0 Å². The summed E-state index contributed by atoms with van der Waals surface area (Å²) in [6.45, 7) is 4.56. The number of nitrogens with one attached hydrogen (secondary N) is 1. The van der Waals surface area contributed by atoms with E-state index in [1.165, 1.54) is 16.7 Å². The molecule has 0 bridgehead atoms. The Hall–Kier alpha value is -1.36. The van der Waals surface area contributed by atoms with E-state index in [9.17, 15) is 0 Å². The summed E-state index contributed by atoms with van der Waals surface area (Å²) in [5.74, 6) is 0.953. The predicted molar refractivity (Wildman–Crippen MR) is 88.6 cm³/mol. The molecule has 1 heterocycles.